The highest BCUT2D eigenvalue weighted by molar-refractivity contribution is 7.44. The van der Waals surface area contributed by atoms with Crippen molar-refractivity contribution >= 4 is 38.1 Å². The standard InChI is InChI=1S/C30H41N6O9P/c1-8-22-10-11-25(36(40)41)23(14-22)21(7)44-30(39)32-24-15-27(34-16-20(6)28(37)33-29(34)38)45-26(24)17-43-46(42-13-9-12-31)35(18(2)3)19(4)5/h10-11,14,16,18-19,21,24,26H,8-9,13,15,17H2,1-7H3,(H-,32,33,37,38,39)/p+1/b34-27+/t21?,24-,26-,46?/m1/s1. The predicted octanol–water partition coefficient (Wildman–Crippen LogP) is 4.96. The summed E-state index contributed by atoms with van der Waals surface area (Å²) in [6.45, 7) is 13.1. The molecule has 1 saturated heterocycles. The molecule has 2 heterocycles. The summed E-state index contributed by atoms with van der Waals surface area (Å²) in [7, 11) is -1.64. The van der Waals surface area contributed by atoms with Crippen molar-refractivity contribution in [2.45, 2.75) is 98.1 Å². The molecule has 2 aliphatic rings. The average molecular weight is 662 g/mol. The molecule has 0 spiro atoms. The van der Waals surface area contributed by atoms with Gasteiger partial charge in [0.1, 0.15) is 18.4 Å². The van der Waals surface area contributed by atoms with Crippen molar-refractivity contribution in [2.24, 2.45) is 0 Å². The van der Waals surface area contributed by atoms with Gasteiger partial charge in [0.15, 0.2) is 0 Å². The van der Waals surface area contributed by atoms with Crippen molar-refractivity contribution in [1.82, 2.24) is 15.3 Å². The quantitative estimate of drug-likeness (QED) is 0.0903. The van der Waals surface area contributed by atoms with Crippen LogP contribution >= 0.6 is 8.53 Å². The van der Waals surface area contributed by atoms with Crippen LogP contribution in [0.2, 0.25) is 0 Å². The molecule has 0 saturated carbocycles. The molecule has 4 amide bonds. The maximum Gasteiger partial charge on any atom is 0.506 e. The second-order valence-corrected chi connectivity index (χ2v) is 12.8. The van der Waals surface area contributed by atoms with Crippen LogP contribution in [0.4, 0.5) is 15.3 Å². The smallest absolute Gasteiger partial charge is 0.457 e. The van der Waals surface area contributed by atoms with E-state index in [1.807, 2.05) is 39.3 Å². The van der Waals surface area contributed by atoms with Crippen LogP contribution in [0.15, 0.2) is 30.0 Å². The number of nitro benzene ring substituents is 1. The molecule has 15 nitrogen and oxygen atoms in total. The van der Waals surface area contributed by atoms with E-state index in [9.17, 15) is 24.5 Å². The number of nitrogens with zero attached hydrogens (tertiary/aromatic N) is 4. The highest BCUT2D eigenvalue weighted by atomic mass is 31.2. The number of nitriles is 1. The van der Waals surface area contributed by atoms with Crippen LogP contribution in [0, 0.1) is 21.4 Å². The van der Waals surface area contributed by atoms with Gasteiger partial charge in [0, 0.05) is 18.2 Å². The van der Waals surface area contributed by atoms with Crippen molar-refractivity contribution in [3.8, 4) is 6.07 Å². The number of ether oxygens (including phenoxy) is 2. The summed E-state index contributed by atoms with van der Waals surface area (Å²) in [5.74, 6) is -0.363. The Kier molecular flexibility index (Phi) is 13.1. The fourth-order valence-electron chi connectivity index (χ4n) is 5.00. The zero-order valence-corrected chi connectivity index (χ0v) is 28.0. The number of rotatable bonds is 14. The summed E-state index contributed by atoms with van der Waals surface area (Å²) < 4.78 is 27.2. The van der Waals surface area contributed by atoms with Crippen molar-refractivity contribution in [3.63, 3.8) is 0 Å². The highest BCUT2D eigenvalue weighted by Gasteiger charge is 2.42. The number of amides is 4. The van der Waals surface area contributed by atoms with Crippen LogP contribution in [0.1, 0.15) is 78.5 Å². The average Bonchev–Trinajstić information content (AvgIpc) is 3.38. The van der Waals surface area contributed by atoms with Gasteiger partial charge in [0.05, 0.1) is 54.2 Å². The lowest BCUT2D eigenvalue weighted by atomic mass is 10.0. The third-order valence-corrected chi connectivity index (χ3v) is 9.33. The van der Waals surface area contributed by atoms with E-state index in [0.29, 0.717) is 6.42 Å². The van der Waals surface area contributed by atoms with Gasteiger partial charge >= 0.3 is 18.0 Å². The zero-order chi connectivity index (χ0) is 34.1. The Morgan fingerprint density at radius 1 is 1.26 bits per heavy atom. The van der Waals surface area contributed by atoms with E-state index in [1.54, 1.807) is 26.0 Å². The lowest BCUT2D eigenvalue weighted by Crippen LogP contribution is -2.43. The predicted molar refractivity (Wildman–Crippen MR) is 168 cm³/mol. The van der Waals surface area contributed by atoms with Crippen LogP contribution in [0.25, 0.3) is 0 Å². The molecule has 1 aromatic carbocycles. The van der Waals surface area contributed by atoms with Gasteiger partial charge in [0.25, 0.3) is 20.1 Å². The van der Waals surface area contributed by atoms with E-state index >= 15 is 0 Å². The molecule has 46 heavy (non-hydrogen) atoms. The summed E-state index contributed by atoms with van der Waals surface area (Å²) in [5, 5.41) is 25.7. The SMILES string of the molecule is CCc1ccc([N+](=O)[O-])c(C(C)OC(=O)N[C@@H]2C/C(=[N+]3/C=C(C)C(=O)NC3=O)O[C@@H]2COP(OCCC#N)N(C(C)C)C(C)C)c1. The first-order chi connectivity index (χ1) is 21.8. The number of urea groups is 1. The summed E-state index contributed by atoms with van der Waals surface area (Å²) in [5.41, 5.74) is 1.22. The first-order valence-electron chi connectivity index (χ1n) is 15.1. The Balaban J connectivity index is 1.87. The topological polar surface area (TPSA) is 185 Å². The largest absolute Gasteiger partial charge is 0.506 e. The molecular weight excluding hydrogens is 619 g/mol. The molecule has 0 bridgehead atoms. The first kappa shape index (κ1) is 36.5. The van der Waals surface area contributed by atoms with Crippen LogP contribution in [0.5, 0.6) is 0 Å². The Bertz CT molecular complexity index is 1420. The van der Waals surface area contributed by atoms with Crippen LogP contribution < -0.4 is 10.6 Å². The Hall–Kier alpha value is -3.96. The van der Waals surface area contributed by atoms with E-state index in [2.05, 4.69) is 16.7 Å². The molecule has 250 valence electrons. The lowest BCUT2D eigenvalue weighted by molar-refractivity contribution is -0.386. The number of alkyl carbamates (subject to hydrolysis) is 1. The molecule has 3 rings (SSSR count). The van der Waals surface area contributed by atoms with Gasteiger partial charge in [-0.15, -0.1) is 4.58 Å². The Labute approximate surface area is 269 Å². The van der Waals surface area contributed by atoms with Crippen molar-refractivity contribution < 1.29 is 42.4 Å². The summed E-state index contributed by atoms with van der Waals surface area (Å²) in [6.07, 6.45) is -0.419. The zero-order valence-electron chi connectivity index (χ0n) is 27.1. The third kappa shape index (κ3) is 9.29. The van der Waals surface area contributed by atoms with Crippen molar-refractivity contribution in [2.75, 3.05) is 13.2 Å². The van der Waals surface area contributed by atoms with Crippen LogP contribution in [-0.4, -0.2) is 75.5 Å². The molecule has 0 radical (unpaired) electrons. The maximum atomic E-state index is 13.2. The molecule has 2 N–H and O–H groups in total. The molecule has 2 aliphatic heterocycles. The van der Waals surface area contributed by atoms with Crippen LogP contribution in [0.3, 0.4) is 0 Å². The molecule has 2 unspecified atom stereocenters. The van der Waals surface area contributed by atoms with Gasteiger partial charge in [-0.3, -0.25) is 10.1 Å². The second kappa shape index (κ2) is 16.6. The Morgan fingerprint density at radius 2 is 1.96 bits per heavy atom. The maximum absolute atomic E-state index is 13.2. The molecule has 1 fully saturated rings. The fraction of sp³-hybridized carbons (Fsp3) is 0.567. The van der Waals surface area contributed by atoms with Gasteiger partial charge in [-0.2, -0.15) is 15.4 Å². The van der Waals surface area contributed by atoms with E-state index < -0.39 is 49.7 Å². The Morgan fingerprint density at radius 3 is 2.57 bits per heavy atom. The number of hydrogen-bond donors (Lipinski definition) is 2. The minimum Gasteiger partial charge on any atom is -0.457 e. The first-order valence-corrected chi connectivity index (χ1v) is 16.2. The minimum atomic E-state index is -1.64. The van der Waals surface area contributed by atoms with Crippen molar-refractivity contribution in [3.05, 3.63) is 51.2 Å². The minimum absolute atomic E-state index is 0.0413. The van der Waals surface area contributed by atoms with E-state index in [-0.39, 0.29) is 60.9 Å². The van der Waals surface area contributed by atoms with Gasteiger partial charge in [-0.05, 0) is 59.6 Å². The van der Waals surface area contributed by atoms with Gasteiger partial charge in [-0.1, -0.05) is 13.0 Å². The highest BCUT2D eigenvalue weighted by Crippen LogP contribution is 2.46. The number of carbonyl (C=O) groups is 3. The number of benzene rings is 1. The number of nitro groups is 1. The number of aryl methyl sites for hydroxylation is 1. The molecule has 16 heteroatoms. The van der Waals surface area contributed by atoms with Gasteiger partial charge in [0.2, 0.25) is 0 Å². The lowest BCUT2D eigenvalue weighted by Gasteiger charge is -2.36. The molecule has 1 aromatic rings. The van der Waals surface area contributed by atoms with Gasteiger partial charge < -0.3 is 23.8 Å². The number of imide groups is 1. The number of nitrogens with one attached hydrogen (secondary N) is 2. The summed E-state index contributed by atoms with van der Waals surface area (Å²) >= 11 is 0. The molecule has 4 atom stereocenters. The van der Waals surface area contributed by atoms with E-state index in [4.69, 9.17) is 23.8 Å². The number of carbonyl (C=O) groups excluding carboxylic acids is 3. The second-order valence-electron chi connectivity index (χ2n) is 11.3. The van der Waals surface area contributed by atoms with E-state index in [1.165, 1.54) is 16.8 Å². The third-order valence-electron chi connectivity index (χ3n) is 7.25. The van der Waals surface area contributed by atoms with Gasteiger partial charge in [-0.25, -0.2) is 14.3 Å². The fourth-order valence-corrected chi connectivity index (χ4v) is 6.62. The summed E-state index contributed by atoms with van der Waals surface area (Å²) in [4.78, 5) is 49.0. The van der Waals surface area contributed by atoms with Crippen molar-refractivity contribution in [1.29, 1.82) is 5.26 Å². The normalized spacial score (nSPS) is 21.0. The molecular formula is C30H42N6O9P+. The van der Waals surface area contributed by atoms with Crippen LogP contribution in [-0.2, 0) is 29.7 Å². The molecule has 0 aliphatic carbocycles. The number of hydrogen-bond acceptors (Lipinski definition) is 11. The summed E-state index contributed by atoms with van der Waals surface area (Å²) in [6, 6.07) is 5.37. The monoisotopic (exact) mass is 661 g/mol. The van der Waals surface area contributed by atoms with E-state index in [0.717, 1.165) is 5.56 Å². The molecule has 0 aromatic heterocycles.